The van der Waals surface area contributed by atoms with Gasteiger partial charge < -0.3 is 20.5 Å². The van der Waals surface area contributed by atoms with Gasteiger partial charge in [0.05, 0.1) is 18.8 Å². The molecule has 2 rings (SSSR count). The van der Waals surface area contributed by atoms with Crippen molar-refractivity contribution >= 4 is 5.91 Å². The van der Waals surface area contributed by atoms with Crippen LogP contribution in [-0.2, 0) is 24.2 Å². The predicted octanol–water partition coefficient (Wildman–Crippen LogP) is 3.63. The monoisotopic (exact) mass is 412 g/mol. The lowest BCUT2D eigenvalue weighted by molar-refractivity contribution is -0.120. The lowest BCUT2D eigenvalue weighted by Crippen LogP contribution is -2.48. The molecule has 0 spiro atoms. The van der Waals surface area contributed by atoms with Crippen LogP contribution in [0.25, 0.3) is 0 Å². The number of benzene rings is 2. The van der Waals surface area contributed by atoms with Crippen molar-refractivity contribution in [1.82, 2.24) is 10.6 Å². The second kappa shape index (κ2) is 13.0. The molecule has 0 heterocycles. The highest BCUT2D eigenvalue weighted by Gasteiger charge is 2.20. The lowest BCUT2D eigenvalue weighted by atomic mass is 10.0. The minimum atomic E-state index is -0.701. The largest absolute Gasteiger partial charge is 0.494 e. The average molecular weight is 413 g/mol. The number of hydrogen-bond donors (Lipinski definition) is 3. The average Bonchev–Trinajstić information content (AvgIpc) is 2.73. The number of aryl methyl sites for hydroxylation is 1. The summed E-state index contributed by atoms with van der Waals surface area (Å²) >= 11 is 0. The highest BCUT2D eigenvalue weighted by atomic mass is 16.5. The summed E-state index contributed by atoms with van der Waals surface area (Å²) in [5, 5.41) is 16.9. The molecule has 3 N–H and O–H groups in total. The fourth-order valence-electron chi connectivity index (χ4n) is 3.36. The summed E-state index contributed by atoms with van der Waals surface area (Å²) in [6, 6.07) is 15.9. The molecule has 0 saturated heterocycles. The van der Waals surface area contributed by atoms with Crippen molar-refractivity contribution < 1.29 is 14.6 Å². The van der Waals surface area contributed by atoms with Crippen LogP contribution in [0.1, 0.15) is 50.3 Å². The Morgan fingerprint density at radius 2 is 1.80 bits per heavy atom. The highest BCUT2D eigenvalue weighted by molar-refractivity contribution is 5.73. The van der Waals surface area contributed by atoms with E-state index in [9.17, 15) is 9.90 Å². The first-order valence-corrected chi connectivity index (χ1v) is 11.0. The molecule has 164 valence electrons. The molecule has 0 aliphatic rings. The van der Waals surface area contributed by atoms with Gasteiger partial charge in [0.15, 0.2) is 0 Å². The van der Waals surface area contributed by atoms with E-state index >= 15 is 0 Å². The van der Waals surface area contributed by atoms with Crippen LogP contribution in [0, 0.1) is 0 Å². The Morgan fingerprint density at radius 3 is 2.53 bits per heavy atom. The smallest absolute Gasteiger partial charge is 0.217 e. The van der Waals surface area contributed by atoms with E-state index in [0.29, 0.717) is 26.1 Å². The number of aliphatic hydroxyl groups is 1. The summed E-state index contributed by atoms with van der Waals surface area (Å²) in [7, 11) is 0. The Hall–Kier alpha value is -2.37. The normalized spacial score (nSPS) is 12.9. The predicted molar refractivity (Wildman–Crippen MR) is 122 cm³/mol. The molecule has 0 unspecified atom stereocenters. The highest BCUT2D eigenvalue weighted by Crippen LogP contribution is 2.16. The molecule has 5 nitrogen and oxygen atoms in total. The number of ether oxygens (including phenoxy) is 1. The Balaban J connectivity index is 1.93. The standard InChI is InChI=1S/C25H36N2O3/c1-4-6-13-30-23-12-8-10-21(15-23)16-24(27-19(3)28)25(29)18-26-17-22-11-7-9-20(5-2)14-22/h7-12,14-15,24-26,29H,4-6,13,16-18H2,1-3H3,(H,27,28)/t24-,25+/m0/s1. The first-order valence-electron chi connectivity index (χ1n) is 11.0. The molecule has 0 saturated carbocycles. The third-order valence-electron chi connectivity index (χ3n) is 5.06. The SMILES string of the molecule is CCCCOc1cccc(C[C@H](NC(C)=O)[C@H](O)CNCc2cccc(CC)c2)c1. The van der Waals surface area contributed by atoms with Gasteiger partial charge in [-0.25, -0.2) is 0 Å². The van der Waals surface area contributed by atoms with Crippen LogP contribution in [0.3, 0.4) is 0 Å². The van der Waals surface area contributed by atoms with Crippen molar-refractivity contribution in [2.45, 2.75) is 65.1 Å². The quantitative estimate of drug-likeness (QED) is 0.440. The molecular weight excluding hydrogens is 376 g/mol. The van der Waals surface area contributed by atoms with E-state index in [1.165, 1.54) is 18.1 Å². The zero-order chi connectivity index (χ0) is 21.8. The van der Waals surface area contributed by atoms with Crippen LogP contribution in [0.2, 0.25) is 0 Å². The zero-order valence-electron chi connectivity index (χ0n) is 18.5. The summed E-state index contributed by atoms with van der Waals surface area (Å²) in [6.45, 7) is 7.52. The fourth-order valence-corrected chi connectivity index (χ4v) is 3.36. The minimum Gasteiger partial charge on any atom is -0.494 e. The maximum Gasteiger partial charge on any atom is 0.217 e. The van der Waals surface area contributed by atoms with Gasteiger partial charge in [-0.2, -0.15) is 0 Å². The first kappa shape index (κ1) is 23.9. The number of aliphatic hydroxyl groups excluding tert-OH is 1. The van der Waals surface area contributed by atoms with E-state index in [1.54, 1.807) is 0 Å². The van der Waals surface area contributed by atoms with Gasteiger partial charge in [0.25, 0.3) is 0 Å². The second-order valence-electron chi connectivity index (χ2n) is 7.73. The van der Waals surface area contributed by atoms with E-state index < -0.39 is 6.10 Å². The van der Waals surface area contributed by atoms with Crippen molar-refractivity contribution in [1.29, 1.82) is 0 Å². The van der Waals surface area contributed by atoms with E-state index in [4.69, 9.17) is 4.74 Å². The number of hydrogen-bond acceptors (Lipinski definition) is 4. The minimum absolute atomic E-state index is 0.148. The Labute approximate surface area is 180 Å². The zero-order valence-corrected chi connectivity index (χ0v) is 18.5. The molecule has 2 atom stereocenters. The van der Waals surface area contributed by atoms with Crippen molar-refractivity contribution in [3.8, 4) is 5.75 Å². The van der Waals surface area contributed by atoms with E-state index in [1.807, 2.05) is 24.3 Å². The summed E-state index contributed by atoms with van der Waals surface area (Å²) in [5.41, 5.74) is 3.51. The maximum absolute atomic E-state index is 11.7. The second-order valence-corrected chi connectivity index (χ2v) is 7.73. The van der Waals surface area contributed by atoms with Gasteiger partial charge in [-0.3, -0.25) is 4.79 Å². The van der Waals surface area contributed by atoms with Crippen LogP contribution in [0.5, 0.6) is 5.75 Å². The Morgan fingerprint density at radius 1 is 1.07 bits per heavy atom. The molecule has 0 aromatic heterocycles. The Kier molecular flexibility index (Phi) is 10.4. The third kappa shape index (κ3) is 8.56. The van der Waals surface area contributed by atoms with Gasteiger partial charge in [0.1, 0.15) is 5.75 Å². The van der Waals surface area contributed by atoms with Crippen LogP contribution in [0.4, 0.5) is 0 Å². The summed E-state index contributed by atoms with van der Waals surface area (Å²) < 4.78 is 5.78. The maximum atomic E-state index is 11.7. The van der Waals surface area contributed by atoms with Crippen molar-refractivity contribution in [3.05, 3.63) is 65.2 Å². The molecule has 0 bridgehead atoms. The van der Waals surface area contributed by atoms with E-state index in [2.05, 4.69) is 48.7 Å². The van der Waals surface area contributed by atoms with Gasteiger partial charge in [-0.1, -0.05) is 56.7 Å². The first-order chi connectivity index (χ1) is 14.5. The topological polar surface area (TPSA) is 70.6 Å². The molecular formula is C25H36N2O3. The summed E-state index contributed by atoms with van der Waals surface area (Å²) in [4.78, 5) is 11.7. The number of carbonyl (C=O) groups is 1. The van der Waals surface area contributed by atoms with Gasteiger partial charge in [0, 0.05) is 20.0 Å². The van der Waals surface area contributed by atoms with Crippen LogP contribution in [0.15, 0.2) is 48.5 Å². The van der Waals surface area contributed by atoms with Gasteiger partial charge >= 0.3 is 0 Å². The molecule has 1 amide bonds. The lowest BCUT2D eigenvalue weighted by Gasteiger charge is -2.24. The van der Waals surface area contributed by atoms with Gasteiger partial charge in [0.2, 0.25) is 5.91 Å². The molecule has 30 heavy (non-hydrogen) atoms. The van der Waals surface area contributed by atoms with E-state index in [0.717, 1.165) is 30.6 Å². The van der Waals surface area contributed by atoms with E-state index in [-0.39, 0.29) is 11.9 Å². The van der Waals surface area contributed by atoms with Crippen LogP contribution in [-0.4, -0.2) is 36.3 Å². The number of unbranched alkanes of at least 4 members (excludes halogenated alkanes) is 1. The number of rotatable bonds is 13. The molecule has 2 aromatic rings. The molecule has 0 fully saturated rings. The number of amides is 1. The van der Waals surface area contributed by atoms with Crippen LogP contribution < -0.4 is 15.4 Å². The fraction of sp³-hybridized carbons (Fsp3) is 0.480. The molecule has 5 heteroatoms. The molecule has 2 aromatic carbocycles. The summed E-state index contributed by atoms with van der Waals surface area (Å²) in [5.74, 6) is 0.677. The molecule has 0 radical (unpaired) electrons. The van der Waals surface area contributed by atoms with Crippen molar-refractivity contribution in [2.24, 2.45) is 0 Å². The van der Waals surface area contributed by atoms with Crippen molar-refractivity contribution in [2.75, 3.05) is 13.2 Å². The third-order valence-corrected chi connectivity index (χ3v) is 5.06. The molecule has 0 aliphatic carbocycles. The van der Waals surface area contributed by atoms with Gasteiger partial charge in [-0.15, -0.1) is 0 Å². The summed E-state index contributed by atoms with van der Waals surface area (Å²) in [6.07, 6.45) is 2.95. The van der Waals surface area contributed by atoms with Gasteiger partial charge in [-0.05, 0) is 48.1 Å². The number of nitrogens with one attached hydrogen (secondary N) is 2. The Bertz CT molecular complexity index is 778. The van der Waals surface area contributed by atoms with Crippen LogP contribution >= 0.6 is 0 Å². The van der Waals surface area contributed by atoms with Crippen molar-refractivity contribution in [3.63, 3.8) is 0 Å². The molecule has 0 aliphatic heterocycles. The number of carbonyl (C=O) groups excluding carboxylic acids is 1.